The number of benzene rings is 1. The van der Waals surface area contributed by atoms with Crippen molar-refractivity contribution in [2.75, 3.05) is 13.2 Å². The highest BCUT2D eigenvalue weighted by molar-refractivity contribution is 5.56. The van der Waals surface area contributed by atoms with Crippen molar-refractivity contribution in [3.8, 4) is 11.5 Å². The SMILES string of the molecule is CCCCCCOc1ccc(/C=C(\C)[N+](=O)[O-])cc1OCC. The Kier molecular flexibility index (Phi) is 8.04. The van der Waals surface area contributed by atoms with Gasteiger partial charge in [-0.05, 0) is 31.0 Å². The van der Waals surface area contributed by atoms with Crippen LogP contribution in [0.25, 0.3) is 6.08 Å². The van der Waals surface area contributed by atoms with Gasteiger partial charge in [0.25, 0.3) is 0 Å². The molecule has 0 radical (unpaired) electrons. The Morgan fingerprint density at radius 1 is 1.18 bits per heavy atom. The molecule has 0 aliphatic carbocycles. The first kappa shape index (κ1) is 18.0. The second-order valence-corrected chi connectivity index (χ2v) is 5.09. The lowest BCUT2D eigenvalue weighted by Gasteiger charge is -2.12. The Bertz CT molecular complexity index is 511. The van der Waals surface area contributed by atoms with Gasteiger partial charge in [-0.1, -0.05) is 32.3 Å². The van der Waals surface area contributed by atoms with Crippen molar-refractivity contribution in [3.05, 3.63) is 39.6 Å². The van der Waals surface area contributed by atoms with Gasteiger partial charge in [0.2, 0.25) is 5.70 Å². The molecule has 5 heteroatoms. The number of ether oxygens (including phenoxy) is 2. The molecule has 5 nitrogen and oxygen atoms in total. The van der Waals surface area contributed by atoms with Crippen molar-refractivity contribution in [2.24, 2.45) is 0 Å². The molecule has 122 valence electrons. The van der Waals surface area contributed by atoms with Crippen molar-refractivity contribution >= 4 is 6.08 Å². The molecule has 0 amide bonds. The lowest BCUT2D eigenvalue weighted by molar-refractivity contribution is -0.422. The number of nitrogens with zero attached hydrogens (tertiary/aromatic N) is 1. The van der Waals surface area contributed by atoms with Gasteiger partial charge in [-0.2, -0.15) is 0 Å². The Balaban J connectivity index is 2.77. The quantitative estimate of drug-likeness (QED) is 0.357. The van der Waals surface area contributed by atoms with E-state index in [1.165, 1.54) is 25.8 Å². The average Bonchev–Trinajstić information content (AvgIpc) is 2.49. The highest BCUT2D eigenvalue weighted by atomic mass is 16.6. The fraction of sp³-hybridized carbons (Fsp3) is 0.529. The number of hydrogen-bond donors (Lipinski definition) is 0. The van der Waals surface area contributed by atoms with Crippen LogP contribution in [-0.2, 0) is 0 Å². The lowest BCUT2D eigenvalue weighted by Crippen LogP contribution is -2.01. The summed E-state index contributed by atoms with van der Waals surface area (Å²) in [6, 6.07) is 5.39. The molecule has 1 aromatic rings. The van der Waals surface area contributed by atoms with Gasteiger partial charge in [-0.3, -0.25) is 10.1 Å². The molecule has 0 unspecified atom stereocenters. The van der Waals surface area contributed by atoms with Crippen LogP contribution in [0.4, 0.5) is 0 Å². The van der Waals surface area contributed by atoms with E-state index in [1.54, 1.807) is 12.1 Å². The molecule has 1 aromatic carbocycles. The molecule has 0 saturated heterocycles. The van der Waals surface area contributed by atoms with Crippen LogP contribution < -0.4 is 9.47 Å². The number of nitro groups is 1. The van der Waals surface area contributed by atoms with Crippen LogP contribution in [0.1, 0.15) is 52.0 Å². The Hall–Kier alpha value is -2.04. The zero-order valence-electron chi connectivity index (χ0n) is 13.6. The number of hydrogen-bond acceptors (Lipinski definition) is 4. The summed E-state index contributed by atoms with van der Waals surface area (Å²) in [6.07, 6.45) is 6.10. The largest absolute Gasteiger partial charge is 0.490 e. The van der Waals surface area contributed by atoms with Crippen LogP contribution in [0.15, 0.2) is 23.9 Å². The lowest BCUT2D eigenvalue weighted by atomic mass is 10.1. The second kappa shape index (κ2) is 9.82. The van der Waals surface area contributed by atoms with Crippen LogP contribution >= 0.6 is 0 Å². The molecule has 0 aliphatic heterocycles. The maximum Gasteiger partial charge on any atom is 0.243 e. The Morgan fingerprint density at radius 3 is 2.59 bits per heavy atom. The highest BCUT2D eigenvalue weighted by Gasteiger charge is 2.08. The topological polar surface area (TPSA) is 61.6 Å². The van der Waals surface area contributed by atoms with Gasteiger partial charge in [-0.25, -0.2) is 0 Å². The third-order valence-electron chi connectivity index (χ3n) is 3.19. The standard InChI is InChI=1S/C17H25NO4/c1-4-6-7-8-11-22-16-10-9-15(12-14(3)18(19)20)13-17(16)21-5-2/h9-10,12-13H,4-8,11H2,1-3H3/b14-12+. The van der Waals surface area contributed by atoms with Gasteiger partial charge in [0.15, 0.2) is 11.5 Å². The van der Waals surface area contributed by atoms with Crippen LogP contribution in [0.2, 0.25) is 0 Å². The van der Waals surface area contributed by atoms with Gasteiger partial charge in [0, 0.05) is 13.0 Å². The smallest absolute Gasteiger partial charge is 0.243 e. The molecule has 0 heterocycles. The van der Waals surface area contributed by atoms with Crippen LogP contribution in [0, 0.1) is 10.1 Å². The summed E-state index contributed by atoms with van der Waals surface area (Å²) in [5.41, 5.74) is 0.826. The first-order valence-electron chi connectivity index (χ1n) is 7.80. The zero-order chi connectivity index (χ0) is 16.4. The van der Waals surface area contributed by atoms with E-state index in [2.05, 4.69) is 6.92 Å². The number of allylic oxidation sites excluding steroid dienone is 1. The minimum atomic E-state index is -0.404. The summed E-state index contributed by atoms with van der Waals surface area (Å²) < 4.78 is 11.3. The molecular weight excluding hydrogens is 282 g/mol. The molecule has 0 atom stereocenters. The molecule has 0 N–H and O–H groups in total. The molecular formula is C17H25NO4. The van der Waals surface area contributed by atoms with Crippen molar-refractivity contribution in [1.29, 1.82) is 0 Å². The van der Waals surface area contributed by atoms with E-state index >= 15 is 0 Å². The van der Waals surface area contributed by atoms with Crippen LogP contribution in [-0.4, -0.2) is 18.1 Å². The molecule has 22 heavy (non-hydrogen) atoms. The molecule has 1 rings (SSSR count). The molecule has 0 spiro atoms. The molecule has 0 saturated carbocycles. The predicted octanol–water partition coefficient (Wildman–Crippen LogP) is 4.68. The van der Waals surface area contributed by atoms with Gasteiger partial charge >= 0.3 is 0 Å². The fourth-order valence-electron chi connectivity index (χ4n) is 2.01. The van der Waals surface area contributed by atoms with Crippen molar-refractivity contribution in [1.82, 2.24) is 0 Å². The number of rotatable bonds is 10. The summed E-state index contributed by atoms with van der Waals surface area (Å²) in [5, 5.41) is 10.7. The molecule has 0 bridgehead atoms. The summed E-state index contributed by atoms with van der Waals surface area (Å²) in [7, 11) is 0. The van der Waals surface area contributed by atoms with Crippen LogP contribution in [0.5, 0.6) is 11.5 Å². The Labute approximate surface area is 132 Å². The summed E-state index contributed by atoms with van der Waals surface area (Å²) in [4.78, 5) is 10.3. The summed E-state index contributed by atoms with van der Waals surface area (Å²) >= 11 is 0. The zero-order valence-corrected chi connectivity index (χ0v) is 13.6. The third-order valence-corrected chi connectivity index (χ3v) is 3.19. The monoisotopic (exact) mass is 307 g/mol. The highest BCUT2D eigenvalue weighted by Crippen LogP contribution is 2.29. The van der Waals surface area contributed by atoms with E-state index in [9.17, 15) is 10.1 Å². The molecule has 0 aromatic heterocycles. The van der Waals surface area contributed by atoms with Crippen molar-refractivity contribution in [3.63, 3.8) is 0 Å². The average molecular weight is 307 g/mol. The third kappa shape index (κ3) is 6.16. The normalized spacial score (nSPS) is 11.3. The predicted molar refractivity (Wildman–Crippen MR) is 87.9 cm³/mol. The number of unbranched alkanes of at least 4 members (excludes halogenated alkanes) is 3. The fourth-order valence-corrected chi connectivity index (χ4v) is 2.01. The minimum Gasteiger partial charge on any atom is -0.490 e. The van der Waals surface area contributed by atoms with E-state index in [-0.39, 0.29) is 5.70 Å². The van der Waals surface area contributed by atoms with E-state index in [4.69, 9.17) is 9.47 Å². The second-order valence-electron chi connectivity index (χ2n) is 5.09. The summed E-state index contributed by atoms with van der Waals surface area (Å²) in [5.74, 6) is 1.32. The van der Waals surface area contributed by atoms with Gasteiger partial charge in [0.1, 0.15) is 0 Å². The van der Waals surface area contributed by atoms with Crippen molar-refractivity contribution in [2.45, 2.75) is 46.5 Å². The first-order valence-corrected chi connectivity index (χ1v) is 7.80. The first-order chi connectivity index (χ1) is 10.6. The Morgan fingerprint density at radius 2 is 1.95 bits per heavy atom. The minimum absolute atomic E-state index is 0.0932. The van der Waals surface area contributed by atoms with Crippen molar-refractivity contribution < 1.29 is 14.4 Å². The van der Waals surface area contributed by atoms with Gasteiger partial charge in [0.05, 0.1) is 18.1 Å². The van der Waals surface area contributed by atoms with Gasteiger partial charge in [-0.15, -0.1) is 0 Å². The van der Waals surface area contributed by atoms with Crippen LogP contribution in [0.3, 0.4) is 0 Å². The van der Waals surface area contributed by atoms with Gasteiger partial charge < -0.3 is 9.47 Å². The maximum atomic E-state index is 10.7. The molecule has 0 fully saturated rings. The van der Waals surface area contributed by atoms with E-state index in [0.717, 1.165) is 18.4 Å². The van der Waals surface area contributed by atoms with E-state index < -0.39 is 4.92 Å². The van der Waals surface area contributed by atoms with E-state index in [1.807, 2.05) is 13.0 Å². The molecule has 0 aliphatic rings. The van der Waals surface area contributed by atoms with E-state index in [0.29, 0.717) is 24.7 Å². The maximum absolute atomic E-state index is 10.7. The summed E-state index contributed by atoms with van der Waals surface area (Å²) in [6.45, 7) is 6.72.